The van der Waals surface area contributed by atoms with Crippen molar-refractivity contribution in [3.05, 3.63) is 186 Å². The zero-order valence-corrected chi connectivity index (χ0v) is 25.6. The third-order valence-corrected chi connectivity index (χ3v) is 8.34. The van der Waals surface area contributed by atoms with Crippen molar-refractivity contribution >= 4 is 28.0 Å². The number of aliphatic imine (C=N–C) groups is 2. The summed E-state index contributed by atoms with van der Waals surface area (Å²) in [7, 11) is 0. The molecule has 6 aromatic carbocycles. The van der Waals surface area contributed by atoms with Crippen LogP contribution in [0, 0.1) is 0 Å². The molecule has 7 rings (SSSR count). The Morgan fingerprint density at radius 2 is 1.17 bits per heavy atom. The van der Waals surface area contributed by atoms with E-state index in [1.165, 1.54) is 27.5 Å². The Kier molecular flexibility index (Phi) is 8.08. The van der Waals surface area contributed by atoms with E-state index in [0.717, 1.165) is 45.1 Å². The number of nitrogens with two attached hydrogens (primary N) is 1. The molecule has 4 heteroatoms. The number of amidine groups is 2. The molecule has 0 fully saturated rings. The van der Waals surface area contributed by atoms with Crippen molar-refractivity contribution in [1.82, 2.24) is 5.32 Å². The maximum absolute atomic E-state index is 5.87. The van der Waals surface area contributed by atoms with Gasteiger partial charge in [0.15, 0.2) is 5.84 Å². The Balaban J connectivity index is 1.21. The van der Waals surface area contributed by atoms with Gasteiger partial charge in [-0.25, -0.2) is 9.98 Å². The molecule has 1 heterocycles. The molecule has 0 amide bonds. The smallest absolute Gasteiger partial charge is 0.159 e. The summed E-state index contributed by atoms with van der Waals surface area (Å²) in [5.74, 6) is 1.54. The molecular formula is C42H34N4. The first kappa shape index (κ1) is 28.8. The van der Waals surface area contributed by atoms with Gasteiger partial charge in [0.1, 0.15) is 12.0 Å². The summed E-state index contributed by atoms with van der Waals surface area (Å²) in [5.41, 5.74) is 15.8. The molecule has 222 valence electrons. The van der Waals surface area contributed by atoms with Crippen LogP contribution in [0.15, 0.2) is 174 Å². The average molecular weight is 595 g/mol. The molecule has 1 aliphatic heterocycles. The molecule has 1 atom stereocenters. The fourth-order valence-electron chi connectivity index (χ4n) is 6.01. The van der Waals surface area contributed by atoms with E-state index in [4.69, 9.17) is 15.7 Å². The monoisotopic (exact) mass is 594 g/mol. The molecular weight excluding hydrogens is 560 g/mol. The summed E-state index contributed by atoms with van der Waals surface area (Å²) in [4.78, 5) is 9.93. The lowest BCUT2D eigenvalue weighted by Crippen LogP contribution is -2.33. The van der Waals surface area contributed by atoms with Crippen LogP contribution in [-0.2, 0) is 0 Å². The summed E-state index contributed by atoms with van der Waals surface area (Å²) >= 11 is 0. The molecule has 0 aliphatic carbocycles. The second kappa shape index (κ2) is 12.9. The molecule has 3 N–H and O–H groups in total. The Morgan fingerprint density at radius 3 is 1.74 bits per heavy atom. The number of allylic oxidation sites excluding steroid dienone is 3. The van der Waals surface area contributed by atoms with Crippen LogP contribution in [0.2, 0.25) is 0 Å². The maximum atomic E-state index is 5.87. The summed E-state index contributed by atoms with van der Waals surface area (Å²) in [6, 6.07) is 50.8. The molecule has 0 radical (unpaired) electrons. The number of rotatable bonds is 7. The molecule has 1 aliphatic rings. The second-order valence-electron chi connectivity index (χ2n) is 11.2. The Labute approximate surface area is 270 Å². The van der Waals surface area contributed by atoms with Gasteiger partial charge in [0.25, 0.3) is 0 Å². The Bertz CT molecular complexity index is 2110. The largest absolute Gasteiger partial charge is 0.404 e. The molecule has 0 saturated carbocycles. The molecule has 0 saturated heterocycles. The number of nitrogens with one attached hydrogen (secondary N) is 1. The normalized spacial score (nSPS) is 15.0. The van der Waals surface area contributed by atoms with Crippen LogP contribution in [0.3, 0.4) is 0 Å². The van der Waals surface area contributed by atoms with Gasteiger partial charge in [0, 0.05) is 17.3 Å². The minimum absolute atomic E-state index is 0.262. The van der Waals surface area contributed by atoms with E-state index < -0.39 is 0 Å². The molecule has 0 aromatic heterocycles. The van der Waals surface area contributed by atoms with E-state index in [2.05, 4.69) is 115 Å². The zero-order valence-electron chi connectivity index (χ0n) is 25.6. The van der Waals surface area contributed by atoms with Crippen LogP contribution >= 0.6 is 0 Å². The van der Waals surface area contributed by atoms with Crippen LogP contribution in [-0.4, -0.2) is 11.7 Å². The highest BCUT2D eigenvalue weighted by Gasteiger charge is 2.21. The topological polar surface area (TPSA) is 62.8 Å². The molecule has 6 aromatic rings. The zero-order chi connectivity index (χ0) is 31.3. The van der Waals surface area contributed by atoms with Crippen LogP contribution in [0.4, 0.5) is 0 Å². The van der Waals surface area contributed by atoms with Gasteiger partial charge in [-0.15, -0.1) is 0 Å². The highest BCUT2D eigenvalue weighted by Crippen LogP contribution is 2.36. The summed E-state index contributed by atoms with van der Waals surface area (Å²) in [6.07, 6.45) is 5.42. The van der Waals surface area contributed by atoms with Crippen LogP contribution < -0.4 is 11.1 Å². The van der Waals surface area contributed by atoms with Crippen molar-refractivity contribution in [1.29, 1.82) is 0 Å². The predicted molar refractivity (Wildman–Crippen MR) is 194 cm³/mol. The van der Waals surface area contributed by atoms with Crippen LogP contribution in [0.25, 0.3) is 38.6 Å². The van der Waals surface area contributed by atoms with Gasteiger partial charge in [-0.3, -0.25) is 0 Å². The summed E-state index contributed by atoms with van der Waals surface area (Å²) in [6.45, 7) is 2.00. The van der Waals surface area contributed by atoms with Gasteiger partial charge in [0.05, 0.1) is 0 Å². The first-order valence-electron chi connectivity index (χ1n) is 15.5. The third kappa shape index (κ3) is 5.76. The van der Waals surface area contributed by atoms with Gasteiger partial charge in [-0.2, -0.15) is 0 Å². The fourth-order valence-corrected chi connectivity index (χ4v) is 6.01. The minimum atomic E-state index is -0.262. The number of hydrogen-bond acceptors (Lipinski definition) is 4. The van der Waals surface area contributed by atoms with Crippen LogP contribution in [0.1, 0.15) is 35.3 Å². The molecule has 1 unspecified atom stereocenters. The van der Waals surface area contributed by atoms with E-state index in [1.807, 2.05) is 55.5 Å². The van der Waals surface area contributed by atoms with E-state index >= 15 is 0 Å². The minimum Gasteiger partial charge on any atom is -0.404 e. The third-order valence-electron chi connectivity index (χ3n) is 8.34. The highest BCUT2D eigenvalue weighted by molar-refractivity contribution is 6.13. The number of nitrogens with zero attached hydrogens (tertiary/aromatic N) is 2. The lowest BCUT2D eigenvalue weighted by Gasteiger charge is -2.24. The first-order valence-corrected chi connectivity index (χ1v) is 15.5. The van der Waals surface area contributed by atoms with Gasteiger partial charge in [-0.1, -0.05) is 158 Å². The van der Waals surface area contributed by atoms with Gasteiger partial charge in [-0.05, 0) is 56.6 Å². The van der Waals surface area contributed by atoms with E-state index in [-0.39, 0.29) is 6.17 Å². The number of hydrogen-bond donors (Lipinski definition) is 2. The Morgan fingerprint density at radius 1 is 0.609 bits per heavy atom. The van der Waals surface area contributed by atoms with Crippen molar-refractivity contribution in [3.8, 4) is 22.3 Å². The van der Waals surface area contributed by atoms with E-state index in [9.17, 15) is 0 Å². The Hall–Kier alpha value is -6.00. The van der Waals surface area contributed by atoms with E-state index in [0.29, 0.717) is 0 Å². The van der Waals surface area contributed by atoms with Gasteiger partial charge >= 0.3 is 0 Å². The van der Waals surface area contributed by atoms with Crippen molar-refractivity contribution in [3.63, 3.8) is 0 Å². The second-order valence-corrected chi connectivity index (χ2v) is 11.2. The SMILES string of the molecule is C/C=C\C(=C/N)c1ccc(-c2cccc3c(-c4ccc(C5N=C(c6ccccc6)N=C(c6ccccc6)N5)cc4)cccc23)cc1. The van der Waals surface area contributed by atoms with E-state index in [1.54, 1.807) is 6.20 Å². The molecule has 46 heavy (non-hydrogen) atoms. The number of fused-ring (bicyclic) bond motifs is 1. The summed E-state index contributed by atoms with van der Waals surface area (Å²) < 4.78 is 0. The fraction of sp³-hybridized carbons (Fsp3) is 0.0476. The van der Waals surface area contributed by atoms with Gasteiger partial charge in [0.2, 0.25) is 0 Å². The van der Waals surface area contributed by atoms with Crippen molar-refractivity contribution in [2.75, 3.05) is 0 Å². The standard InChI is InChI=1S/C42H34N4/c1-2-11-35(28-43)29-20-22-30(23-21-29)36-16-9-19-39-37(17-10-18-38(36)39)31-24-26-34(27-25-31)42-45-40(32-12-5-3-6-13-32)44-41(46-42)33-14-7-4-8-15-33/h2-28,42H,43H2,1H3,(H,44,45,46)/b11-2-,35-28+. The molecule has 4 nitrogen and oxygen atoms in total. The van der Waals surface area contributed by atoms with Crippen molar-refractivity contribution in [2.45, 2.75) is 13.1 Å². The van der Waals surface area contributed by atoms with Gasteiger partial charge < -0.3 is 11.1 Å². The van der Waals surface area contributed by atoms with Crippen molar-refractivity contribution < 1.29 is 0 Å². The molecule has 0 spiro atoms. The lowest BCUT2D eigenvalue weighted by molar-refractivity contribution is 0.674. The summed E-state index contributed by atoms with van der Waals surface area (Å²) in [5, 5.41) is 6.00. The molecule has 0 bridgehead atoms. The predicted octanol–water partition coefficient (Wildman–Crippen LogP) is 9.54. The quantitative estimate of drug-likeness (QED) is 0.181. The highest BCUT2D eigenvalue weighted by atomic mass is 15.2. The maximum Gasteiger partial charge on any atom is 0.159 e. The van der Waals surface area contributed by atoms with Crippen molar-refractivity contribution in [2.24, 2.45) is 15.7 Å². The number of benzene rings is 6. The average Bonchev–Trinajstić information content (AvgIpc) is 3.14. The lowest BCUT2D eigenvalue weighted by atomic mass is 9.92. The van der Waals surface area contributed by atoms with Crippen LogP contribution in [0.5, 0.6) is 0 Å². The first-order chi connectivity index (χ1) is 22.7.